The lowest BCUT2D eigenvalue weighted by Crippen LogP contribution is -2.58. The molecule has 2 aliphatic rings. The van der Waals surface area contributed by atoms with Crippen LogP contribution in [0.4, 0.5) is 0 Å². The third-order valence-electron chi connectivity index (χ3n) is 10.6. The fourth-order valence-corrected chi connectivity index (χ4v) is 7.18. The van der Waals surface area contributed by atoms with E-state index in [0.29, 0.717) is 18.4 Å². The van der Waals surface area contributed by atoms with Gasteiger partial charge in [0.1, 0.15) is 12.2 Å². The van der Waals surface area contributed by atoms with Gasteiger partial charge in [-0.15, -0.1) is 0 Å². The molecule has 1 saturated heterocycles. The number of allylic oxidation sites excluding steroid dienone is 6. The predicted molar refractivity (Wildman–Crippen MR) is 190 cm³/mol. The Kier molecular flexibility index (Phi) is 16.9. The first kappa shape index (κ1) is 42.9. The Morgan fingerprint density at radius 3 is 2.33 bits per heavy atom. The monoisotopic (exact) mass is 692 g/mol. The summed E-state index contributed by atoms with van der Waals surface area (Å²) >= 11 is 0. The van der Waals surface area contributed by atoms with Gasteiger partial charge in [-0.1, -0.05) is 89.1 Å². The maximum Gasteiger partial charge on any atom is 0.373 e. The molecule has 0 amide bonds. The van der Waals surface area contributed by atoms with Crippen LogP contribution in [0.2, 0.25) is 0 Å². The quantitative estimate of drug-likeness (QED) is 0.173. The van der Waals surface area contributed by atoms with Gasteiger partial charge in [-0.2, -0.15) is 0 Å². The highest BCUT2D eigenvalue weighted by atomic mass is 16.6. The van der Waals surface area contributed by atoms with Crippen LogP contribution in [-0.4, -0.2) is 94.2 Å². The van der Waals surface area contributed by atoms with Crippen LogP contribution in [0.1, 0.15) is 81.6 Å². The summed E-state index contributed by atoms with van der Waals surface area (Å²) in [5.74, 6) is -5.49. The molecule has 0 aliphatic carbocycles. The van der Waals surface area contributed by atoms with Crippen molar-refractivity contribution in [3.8, 4) is 0 Å². The van der Waals surface area contributed by atoms with Crippen LogP contribution in [0.5, 0.6) is 0 Å². The van der Waals surface area contributed by atoms with Gasteiger partial charge < -0.3 is 44.5 Å². The van der Waals surface area contributed by atoms with Crippen LogP contribution in [0.15, 0.2) is 59.4 Å². The zero-order valence-electron chi connectivity index (χ0n) is 31.4. The Morgan fingerprint density at radius 2 is 1.76 bits per heavy atom. The molecule has 0 radical (unpaired) electrons. The van der Waals surface area contributed by atoms with Crippen molar-refractivity contribution in [2.24, 2.45) is 35.5 Å². The molecule has 10 heteroatoms. The minimum Gasteiger partial charge on any atom is -0.490 e. The first-order chi connectivity index (χ1) is 23.0. The Balaban J connectivity index is 2.59. The molecule has 14 atom stereocenters. The summed E-state index contributed by atoms with van der Waals surface area (Å²) in [6.07, 6.45) is 7.35. The minimum absolute atomic E-state index is 0.0906. The predicted octanol–water partition coefficient (Wildman–Crippen LogP) is 5.00. The third kappa shape index (κ3) is 11.1. The summed E-state index contributed by atoms with van der Waals surface area (Å²) in [5.41, 5.74) is 1.64. The lowest BCUT2D eigenvalue weighted by molar-refractivity contribution is -0.313. The number of hydrogen-bond acceptors (Lipinski definition) is 10. The number of cyclic esters (lactones) is 1. The topological polar surface area (TPSA) is 155 Å². The smallest absolute Gasteiger partial charge is 0.373 e. The second kappa shape index (κ2) is 19.3. The van der Waals surface area contributed by atoms with Crippen molar-refractivity contribution in [2.45, 2.75) is 130 Å². The molecule has 1 fully saturated rings. The van der Waals surface area contributed by atoms with Gasteiger partial charge in [-0.05, 0) is 45.6 Å². The van der Waals surface area contributed by atoms with Crippen molar-refractivity contribution in [3.05, 3.63) is 59.4 Å². The number of carbonyl (C=O) groups is 1. The van der Waals surface area contributed by atoms with Gasteiger partial charge in [0.25, 0.3) is 0 Å². The Morgan fingerprint density at radius 1 is 1.10 bits per heavy atom. The molecule has 49 heavy (non-hydrogen) atoms. The van der Waals surface area contributed by atoms with E-state index < -0.39 is 66.3 Å². The van der Waals surface area contributed by atoms with Gasteiger partial charge in [-0.3, -0.25) is 0 Å². The molecule has 1 unspecified atom stereocenters. The highest BCUT2D eigenvalue weighted by Crippen LogP contribution is 2.40. The zero-order chi connectivity index (χ0) is 37.2. The summed E-state index contributed by atoms with van der Waals surface area (Å²) in [7, 11) is 2.84. The number of ether oxygens (including phenoxy) is 4. The first-order valence-electron chi connectivity index (χ1n) is 17.7. The Bertz CT molecular complexity index is 1210. The maximum atomic E-state index is 13.7. The molecule has 0 aromatic carbocycles. The van der Waals surface area contributed by atoms with Crippen molar-refractivity contribution in [3.63, 3.8) is 0 Å². The molecule has 280 valence electrons. The van der Waals surface area contributed by atoms with E-state index in [1.807, 2.05) is 53.7 Å². The van der Waals surface area contributed by atoms with E-state index in [9.17, 15) is 30.3 Å². The van der Waals surface area contributed by atoms with E-state index in [1.54, 1.807) is 45.1 Å². The molecular formula is C39H64O10. The van der Waals surface area contributed by atoms with Crippen LogP contribution >= 0.6 is 0 Å². The van der Waals surface area contributed by atoms with Crippen molar-refractivity contribution >= 4 is 5.97 Å². The van der Waals surface area contributed by atoms with Crippen LogP contribution in [0.25, 0.3) is 0 Å². The largest absolute Gasteiger partial charge is 0.490 e. The van der Waals surface area contributed by atoms with E-state index in [1.165, 1.54) is 20.3 Å². The van der Waals surface area contributed by atoms with E-state index in [2.05, 4.69) is 0 Å². The number of aliphatic hydroxyl groups is 5. The summed E-state index contributed by atoms with van der Waals surface area (Å²) in [4.78, 5) is 13.7. The molecule has 0 spiro atoms. The van der Waals surface area contributed by atoms with Gasteiger partial charge in [0.05, 0.1) is 37.6 Å². The zero-order valence-corrected chi connectivity index (χ0v) is 31.4. The van der Waals surface area contributed by atoms with E-state index in [0.717, 1.165) is 5.57 Å². The Labute approximate surface area is 294 Å². The number of aliphatic hydroxyl groups excluding tert-OH is 4. The normalized spacial score (nSPS) is 41.8. The standard InChI is InChI=1S/C39H64O10/c1-12-15-31-26(7)30(40)21-39(45,49-31)28(9)36(43)27(8)37-32(46-10)17-14-16-22(3)18-24(5)34(41)29(13-2)35(42)25(6)19-23(4)20-33(47-11)38(44)48-37/h12,14-17,19-20,24-32,34-37,40-43,45H,13,18,21H2,1-11H3/b15-12+,17-14+,22-16+,23-19+,33-20-/t24-,25-,26+,27+,28+,29+,30-,31?,32+,34+,35-,36-,37-,39-/m1/s1. The molecule has 0 saturated carbocycles. The number of methoxy groups -OCH3 is 2. The average Bonchev–Trinajstić information content (AvgIpc) is 3.05. The fraction of sp³-hybridized carbons (Fsp3) is 0.718. The molecule has 2 aliphatic heterocycles. The number of carbonyl (C=O) groups excluding carboxylic acids is 1. The van der Waals surface area contributed by atoms with Crippen LogP contribution in [-0.2, 0) is 23.7 Å². The molecule has 2 heterocycles. The van der Waals surface area contributed by atoms with Crippen molar-refractivity contribution in [1.29, 1.82) is 0 Å². The molecular weight excluding hydrogens is 628 g/mol. The second-order valence-corrected chi connectivity index (χ2v) is 14.4. The van der Waals surface area contributed by atoms with Gasteiger partial charge >= 0.3 is 5.97 Å². The molecule has 2 rings (SSSR count). The number of hydrogen-bond donors (Lipinski definition) is 5. The Hall–Kier alpha value is -2.31. The lowest BCUT2D eigenvalue weighted by atomic mass is 9.77. The summed E-state index contributed by atoms with van der Waals surface area (Å²) in [5, 5.41) is 56.7. The van der Waals surface area contributed by atoms with E-state index in [-0.39, 0.29) is 35.9 Å². The fourth-order valence-electron chi connectivity index (χ4n) is 7.18. The second-order valence-electron chi connectivity index (χ2n) is 14.4. The minimum atomic E-state index is -1.86. The van der Waals surface area contributed by atoms with E-state index >= 15 is 0 Å². The van der Waals surface area contributed by atoms with Crippen molar-refractivity contribution in [1.82, 2.24) is 0 Å². The average molecular weight is 693 g/mol. The van der Waals surface area contributed by atoms with Crippen LogP contribution in [0, 0.1) is 35.5 Å². The first-order valence-corrected chi connectivity index (χ1v) is 17.7. The van der Waals surface area contributed by atoms with Gasteiger partial charge in [-0.25, -0.2) is 4.79 Å². The number of rotatable bonds is 8. The summed E-state index contributed by atoms with van der Waals surface area (Å²) < 4.78 is 23.4. The van der Waals surface area contributed by atoms with Crippen LogP contribution in [0.3, 0.4) is 0 Å². The van der Waals surface area contributed by atoms with Crippen molar-refractivity contribution in [2.75, 3.05) is 14.2 Å². The third-order valence-corrected chi connectivity index (χ3v) is 10.6. The molecule has 0 bridgehead atoms. The highest BCUT2D eigenvalue weighted by Gasteiger charge is 2.50. The molecule has 10 nitrogen and oxygen atoms in total. The summed E-state index contributed by atoms with van der Waals surface area (Å²) in [6.45, 7) is 16.6. The van der Waals surface area contributed by atoms with Gasteiger partial charge in [0.15, 0.2) is 5.79 Å². The van der Waals surface area contributed by atoms with Gasteiger partial charge in [0, 0.05) is 43.1 Å². The lowest BCUT2D eigenvalue weighted by Gasteiger charge is -2.47. The van der Waals surface area contributed by atoms with Gasteiger partial charge in [0.2, 0.25) is 5.76 Å². The highest BCUT2D eigenvalue weighted by molar-refractivity contribution is 5.87. The van der Waals surface area contributed by atoms with Crippen molar-refractivity contribution < 1.29 is 49.3 Å². The molecule has 0 aromatic heterocycles. The molecule has 0 aromatic rings. The van der Waals surface area contributed by atoms with Crippen LogP contribution < -0.4 is 0 Å². The summed E-state index contributed by atoms with van der Waals surface area (Å²) in [6, 6.07) is 0. The molecule has 5 N–H and O–H groups in total. The van der Waals surface area contributed by atoms with E-state index in [4.69, 9.17) is 18.9 Å². The maximum absolute atomic E-state index is 13.7. The SMILES string of the molecule is C/C=C/C1O[C@@](O)([C@@H](C)[C@H](O)[C@H](C)[C@H]2OC(=O)/C(OC)=C/C(C)=C/[C@@H](C)[C@@H](O)[C@@H](CC)[C@@H](O)[C@H](C)C/C(C)=C/C=C/[C@@H]2OC)C[C@@H](O)[C@@H]1C. The number of esters is 1.